The van der Waals surface area contributed by atoms with Gasteiger partial charge in [-0.3, -0.25) is 14.9 Å². The Morgan fingerprint density at radius 3 is 2.78 bits per heavy atom. The highest BCUT2D eigenvalue weighted by molar-refractivity contribution is 6.04. The van der Waals surface area contributed by atoms with Gasteiger partial charge in [-0.15, -0.1) is 0 Å². The number of aromatic nitrogens is 2. The molecule has 9 nitrogen and oxygen atoms in total. The van der Waals surface area contributed by atoms with E-state index in [1.165, 1.54) is 11.3 Å². The number of amides is 4. The van der Waals surface area contributed by atoms with E-state index in [2.05, 4.69) is 20.8 Å². The van der Waals surface area contributed by atoms with Gasteiger partial charge in [0.05, 0.1) is 6.54 Å². The average molecular weight is 321 g/mol. The van der Waals surface area contributed by atoms with Crippen LogP contribution in [0.3, 0.4) is 0 Å². The highest BCUT2D eigenvalue weighted by Gasteiger charge is 2.30. The zero-order valence-corrected chi connectivity index (χ0v) is 12.9. The molecule has 1 atom stereocenters. The van der Waals surface area contributed by atoms with E-state index >= 15 is 0 Å². The van der Waals surface area contributed by atoms with Crippen LogP contribution < -0.4 is 10.6 Å². The van der Waals surface area contributed by atoms with Crippen molar-refractivity contribution in [1.29, 1.82) is 0 Å². The van der Waals surface area contributed by atoms with Crippen molar-refractivity contribution in [1.82, 2.24) is 25.7 Å². The summed E-state index contributed by atoms with van der Waals surface area (Å²) in [5.41, 5.74) is 0. The fourth-order valence-corrected chi connectivity index (χ4v) is 2.57. The second kappa shape index (κ2) is 6.35. The fraction of sp³-hybridized carbons (Fsp3) is 0.643. The summed E-state index contributed by atoms with van der Waals surface area (Å²) < 4.78 is 5.22. The molecule has 1 aliphatic heterocycles. The summed E-state index contributed by atoms with van der Waals surface area (Å²) >= 11 is 0. The van der Waals surface area contributed by atoms with Crippen LogP contribution in [-0.2, 0) is 16.1 Å². The Morgan fingerprint density at radius 2 is 2.17 bits per heavy atom. The zero-order valence-electron chi connectivity index (χ0n) is 12.9. The van der Waals surface area contributed by atoms with Crippen LogP contribution in [0.15, 0.2) is 4.52 Å². The molecule has 2 heterocycles. The normalized spacial score (nSPS) is 20.8. The number of carbonyl (C=O) groups is 3. The Bertz CT molecular complexity index is 624. The Morgan fingerprint density at radius 1 is 1.39 bits per heavy atom. The minimum Gasteiger partial charge on any atom is -0.339 e. The van der Waals surface area contributed by atoms with Crippen LogP contribution in [0.4, 0.5) is 4.79 Å². The lowest BCUT2D eigenvalue weighted by Gasteiger charge is -2.20. The van der Waals surface area contributed by atoms with Crippen molar-refractivity contribution in [2.24, 2.45) is 0 Å². The van der Waals surface area contributed by atoms with Crippen molar-refractivity contribution in [2.75, 3.05) is 7.05 Å². The molecule has 2 fully saturated rings. The lowest BCUT2D eigenvalue weighted by atomic mass is 9.85. The van der Waals surface area contributed by atoms with E-state index in [-0.39, 0.29) is 25.3 Å². The molecule has 124 valence electrons. The number of carbonyl (C=O) groups excluding carboxylic acids is 3. The maximum Gasteiger partial charge on any atom is 0.322 e. The Labute approximate surface area is 132 Å². The molecule has 0 radical (unpaired) electrons. The first-order valence-electron chi connectivity index (χ1n) is 7.70. The van der Waals surface area contributed by atoms with Crippen LogP contribution in [0.1, 0.15) is 49.7 Å². The van der Waals surface area contributed by atoms with Gasteiger partial charge in [0.25, 0.3) is 5.91 Å². The van der Waals surface area contributed by atoms with Crippen LogP contribution in [0.25, 0.3) is 0 Å². The molecule has 1 unspecified atom stereocenters. The van der Waals surface area contributed by atoms with Gasteiger partial charge in [-0.2, -0.15) is 4.98 Å². The molecule has 1 aromatic heterocycles. The summed E-state index contributed by atoms with van der Waals surface area (Å²) in [4.78, 5) is 40.3. The number of nitrogens with zero attached hydrogens (tertiary/aromatic N) is 3. The number of nitrogens with one attached hydrogen (secondary N) is 2. The van der Waals surface area contributed by atoms with E-state index in [4.69, 9.17) is 4.52 Å². The van der Waals surface area contributed by atoms with Crippen molar-refractivity contribution in [3.05, 3.63) is 11.7 Å². The van der Waals surface area contributed by atoms with Gasteiger partial charge in [0.2, 0.25) is 11.8 Å². The van der Waals surface area contributed by atoms with Gasteiger partial charge in [0, 0.05) is 19.4 Å². The van der Waals surface area contributed by atoms with Crippen molar-refractivity contribution >= 4 is 17.8 Å². The van der Waals surface area contributed by atoms with Crippen LogP contribution in [-0.4, -0.2) is 46.0 Å². The molecule has 4 amide bonds. The van der Waals surface area contributed by atoms with Crippen LogP contribution >= 0.6 is 0 Å². The molecule has 23 heavy (non-hydrogen) atoms. The molecule has 9 heteroatoms. The SMILES string of the molecule is CN(Cc1noc(C2CCC2)n1)C(=O)CCC1NC(=O)NC1=O. The van der Waals surface area contributed by atoms with Crippen LogP contribution in [0, 0.1) is 0 Å². The van der Waals surface area contributed by atoms with Crippen molar-refractivity contribution in [3.63, 3.8) is 0 Å². The second-order valence-electron chi connectivity index (χ2n) is 5.98. The molecule has 1 saturated carbocycles. The summed E-state index contributed by atoms with van der Waals surface area (Å²) in [5.74, 6) is 0.955. The average Bonchev–Trinajstić information content (AvgIpc) is 3.01. The number of rotatable bonds is 6. The predicted octanol–water partition coefficient (Wildman–Crippen LogP) is 0.284. The Kier molecular flexibility index (Phi) is 4.26. The summed E-state index contributed by atoms with van der Waals surface area (Å²) in [6.07, 6.45) is 3.76. The second-order valence-corrected chi connectivity index (χ2v) is 5.98. The summed E-state index contributed by atoms with van der Waals surface area (Å²) in [6.45, 7) is 0.262. The zero-order chi connectivity index (χ0) is 16.4. The third-order valence-electron chi connectivity index (χ3n) is 4.25. The third kappa shape index (κ3) is 3.49. The quantitative estimate of drug-likeness (QED) is 0.727. The Hall–Kier alpha value is -2.45. The van der Waals surface area contributed by atoms with Gasteiger partial charge in [-0.25, -0.2) is 4.79 Å². The summed E-state index contributed by atoms with van der Waals surface area (Å²) in [6, 6.07) is -1.16. The van der Waals surface area contributed by atoms with E-state index in [0.717, 1.165) is 12.8 Å². The third-order valence-corrected chi connectivity index (χ3v) is 4.25. The first-order chi connectivity index (χ1) is 11.0. The van der Waals surface area contributed by atoms with Gasteiger partial charge >= 0.3 is 6.03 Å². The number of hydrogen-bond acceptors (Lipinski definition) is 6. The molecule has 3 rings (SSSR count). The number of imide groups is 1. The summed E-state index contributed by atoms with van der Waals surface area (Å²) in [5, 5.41) is 8.50. The standard InChI is InChI=1S/C14H19N5O4/c1-19(7-10-16-13(23-18-10)8-3-2-4-8)11(20)6-5-9-12(21)17-14(22)15-9/h8-9H,2-7H2,1H3,(H2,15,17,21,22). The Balaban J connectivity index is 1.46. The largest absolute Gasteiger partial charge is 0.339 e. The first-order valence-corrected chi connectivity index (χ1v) is 7.70. The fourth-order valence-electron chi connectivity index (χ4n) is 2.57. The van der Waals surface area contributed by atoms with Crippen LogP contribution in [0.5, 0.6) is 0 Å². The molecular weight excluding hydrogens is 302 g/mol. The van der Waals surface area contributed by atoms with E-state index in [0.29, 0.717) is 17.6 Å². The molecule has 2 N–H and O–H groups in total. The lowest BCUT2D eigenvalue weighted by Crippen LogP contribution is -2.32. The minimum atomic E-state index is -0.643. The van der Waals surface area contributed by atoms with E-state index in [1.54, 1.807) is 7.05 Å². The van der Waals surface area contributed by atoms with Gasteiger partial charge in [0.15, 0.2) is 5.82 Å². The highest BCUT2D eigenvalue weighted by atomic mass is 16.5. The number of urea groups is 1. The molecule has 1 aromatic rings. The maximum absolute atomic E-state index is 12.1. The molecule has 0 spiro atoms. The van der Waals surface area contributed by atoms with Crippen molar-refractivity contribution in [3.8, 4) is 0 Å². The smallest absolute Gasteiger partial charge is 0.322 e. The molecule has 1 saturated heterocycles. The van der Waals surface area contributed by atoms with Gasteiger partial charge < -0.3 is 14.7 Å². The predicted molar refractivity (Wildman–Crippen MR) is 77.1 cm³/mol. The highest BCUT2D eigenvalue weighted by Crippen LogP contribution is 2.35. The first kappa shape index (κ1) is 15.4. The lowest BCUT2D eigenvalue weighted by molar-refractivity contribution is -0.130. The van der Waals surface area contributed by atoms with E-state index < -0.39 is 18.0 Å². The van der Waals surface area contributed by atoms with Gasteiger partial charge in [0.1, 0.15) is 6.04 Å². The van der Waals surface area contributed by atoms with E-state index in [9.17, 15) is 14.4 Å². The molecular formula is C14H19N5O4. The van der Waals surface area contributed by atoms with Crippen molar-refractivity contribution < 1.29 is 18.9 Å². The number of hydrogen-bond donors (Lipinski definition) is 2. The summed E-state index contributed by atoms with van der Waals surface area (Å²) in [7, 11) is 1.65. The molecule has 0 bridgehead atoms. The van der Waals surface area contributed by atoms with Gasteiger partial charge in [-0.05, 0) is 19.3 Å². The monoisotopic (exact) mass is 321 g/mol. The van der Waals surface area contributed by atoms with Crippen molar-refractivity contribution in [2.45, 2.75) is 50.6 Å². The molecule has 1 aliphatic carbocycles. The molecule has 2 aliphatic rings. The van der Waals surface area contributed by atoms with Gasteiger partial charge in [-0.1, -0.05) is 11.6 Å². The topological polar surface area (TPSA) is 117 Å². The minimum absolute atomic E-state index is 0.144. The molecule has 0 aromatic carbocycles. The van der Waals surface area contributed by atoms with E-state index in [1.807, 2.05) is 0 Å². The maximum atomic E-state index is 12.1. The van der Waals surface area contributed by atoms with Crippen LogP contribution in [0.2, 0.25) is 0 Å².